The van der Waals surface area contributed by atoms with E-state index in [4.69, 9.17) is 41.0 Å². The molecule has 10 nitrogen and oxygen atoms in total. The van der Waals surface area contributed by atoms with Crippen molar-refractivity contribution >= 4 is 11.6 Å². The maximum absolute atomic E-state index is 7.14. The van der Waals surface area contributed by atoms with Crippen molar-refractivity contribution < 1.29 is 9.47 Å². The van der Waals surface area contributed by atoms with Gasteiger partial charge in [0.25, 0.3) is 0 Å². The SMILES string of the molecule is C=C1CC[C@@H](CNCc2ncc(-c3cccc(-c4cccc(-c5cnc(CNCC[C@@H]6CCC(=C)N6C)c(OC)n5)c4C)c3Cl)nc2OC)N1. The van der Waals surface area contributed by atoms with Crippen LogP contribution in [-0.2, 0) is 13.1 Å². The lowest BCUT2D eigenvalue weighted by molar-refractivity contribution is 0.329. The van der Waals surface area contributed by atoms with Crippen molar-refractivity contribution in [2.24, 2.45) is 0 Å². The van der Waals surface area contributed by atoms with Crippen LogP contribution >= 0.6 is 11.6 Å². The quantitative estimate of drug-likeness (QED) is 0.124. The summed E-state index contributed by atoms with van der Waals surface area (Å²) in [5.74, 6) is 0.982. The Hall–Kier alpha value is -4.51. The minimum Gasteiger partial charge on any atom is -0.480 e. The van der Waals surface area contributed by atoms with Gasteiger partial charge in [0.15, 0.2) is 0 Å². The van der Waals surface area contributed by atoms with Crippen molar-refractivity contribution in [1.29, 1.82) is 0 Å². The van der Waals surface area contributed by atoms with Crippen LogP contribution in [0.5, 0.6) is 11.8 Å². The van der Waals surface area contributed by atoms with E-state index in [0.29, 0.717) is 47.6 Å². The van der Waals surface area contributed by atoms with Crippen LogP contribution in [0.2, 0.25) is 5.02 Å². The zero-order chi connectivity index (χ0) is 35.2. The first-order chi connectivity index (χ1) is 24.3. The maximum atomic E-state index is 7.14. The van der Waals surface area contributed by atoms with E-state index in [0.717, 1.165) is 95.8 Å². The highest BCUT2D eigenvalue weighted by Crippen LogP contribution is 2.40. The second-order valence-corrected chi connectivity index (χ2v) is 13.4. The first kappa shape index (κ1) is 35.3. The standard InChI is InChI=1S/C39H47ClN8O2/c1-24-13-15-27(45-24)19-42-21-36-39(50-6)47-34(23-44-36)32-12-8-11-31(37(32)40)29-9-7-10-30(26(29)3)33-22-43-35(38(46-33)49-5)20-41-18-17-28-16-14-25(2)48(28)4/h7-12,22-23,27-28,41-42,45H,1-2,13-21H2,3-6H3/t27-,28-/m0/s1. The fraction of sp³-hybridized carbons (Fsp3) is 0.385. The number of aromatic nitrogens is 4. The number of benzene rings is 2. The van der Waals surface area contributed by atoms with Gasteiger partial charge in [-0.1, -0.05) is 61.2 Å². The number of nitrogens with one attached hydrogen (secondary N) is 3. The van der Waals surface area contributed by atoms with Gasteiger partial charge in [0.2, 0.25) is 11.8 Å². The normalized spacial score (nSPS) is 17.3. The number of allylic oxidation sites excluding steroid dienone is 2. The molecule has 0 saturated carbocycles. The van der Waals surface area contributed by atoms with E-state index in [9.17, 15) is 0 Å². The van der Waals surface area contributed by atoms with E-state index < -0.39 is 0 Å². The molecule has 4 aromatic rings. The van der Waals surface area contributed by atoms with Gasteiger partial charge in [-0.3, -0.25) is 9.97 Å². The van der Waals surface area contributed by atoms with Crippen LogP contribution in [0.25, 0.3) is 33.6 Å². The number of methoxy groups -OCH3 is 2. The number of likely N-dealkylation sites (tertiary alicyclic amines) is 1. The fourth-order valence-electron chi connectivity index (χ4n) is 6.84. The van der Waals surface area contributed by atoms with Crippen LogP contribution in [-0.4, -0.2) is 71.3 Å². The van der Waals surface area contributed by atoms with Crippen molar-refractivity contribution in [2.75, 3.05) is 34.4 Å². The zero-order valence-electron chi connectivity index (χ0n) is 29.5. The van der Waals surface area contributed by atoms with Crippen molar-refractivity contribution in [3.63, 3.8) is 0 Å². The van der Waals surface area contributed by atoms with Gasteiger partial charge in [0.1, 0.15) is 11.4 Å². The average Bonchev–Trinajstić information content (AvgIpc) is 3.70. The molecule has 0 spiro atoms. The molecule has 4 heterocycles. The molecule has 0 amide bonds. The first-order valence-corrected chi connectivity index (χ1v) is 17.6. The Morgan fingerprint density at radius 1 is 0.860 bits per heavy atom. The summed E-state index contributed by atoms with van der Waals surface area (Å²) in [6.45, 7) is 13.1. The molecule has 0 aliphatic carbocycles. The van der Waals surface area contributed by atoms with E-state index in [1.54, 1.807) is 20.4 Å². The van der Waals surface area contributed by atoms with E-state index in [1.807, 2.05) is 36.5 Å². The molecular weight excluding hydrogens is 648 g/mol. The summed E-state index contributed by atoms with van der Waals surface area (Å²) in [4.78, 5) is 21.4. The lowest BCUT2D eigenvalue weighted by atomic mass is 9.93. The van der Waals surface area contributed by atoms with E-state index >= 15 is 0 Å². The van der Waals surface area contributed by atoms with Gasteiger partial charge in [-0.05, 0) is 56.7 Å². The number of halogens is 1. The molecule has 262 valence electrons. The van der Waals surface area contributed by atoms with E-state index in [2.05, 4.69) is 54.0 Å². The molecule has 2 aliphatic heterocycles. The van der Waals surface area contributed by atoms with Crippen LogP contribution in [0.15, 0.2) is 73.3 Å². The predicted molar refractivity (Wildman–Crippen MR) is 200 cm³/mol. The summed E-state index contributed by atoms with van der Waals surface area (Å²) in [5.41, 5.74) is 9.84. The van der Waals surface area contributed by atoms with E-state index in [1.165, 1.54) is 5.70 Å². The summed E-state index contributed by atoms with van der Waals surface area (Å²) < 4.78 is 11.3. The van der Waals surface area contributed by atoms with Crippen LogP contribution in [0.1, 0.15) is 49.1 Å². The molecule has 50 heavy (non-hydrogen) atoms. The van der Waals surface area contributed by atoms with Gasteiger partial charge in [-0.25, -0.2) is 9.97 Å². The Morgan fingerprint density at radius 3 is 2.10 bits per heavy atom. The Morgan fingerprint density at radius 2 is 1.48 bits per heavy atom. The summed E-state index contributed by atoms with van der Waals surface area (Å²) >= 11 is 7.14. The summed E-state index contributed by atoms with van der Waals surface area (Å²) in [6, 6.07) is 13.0. The molecule has 2 atom stereocenters. The summed E-state index contributed by atoms with van der Waals surface area (Å²) in [6.07, 6.45) is 8.95. The summed E-state index contributed by atoms with van der Waals surface area (Å²) in [5, 5.41) is 11.0. The Kier molecular flexibility index (Phi) is 11.3. The lowest BCUT2D eigenvalue weighted by Crippen LogP contribution is -2.33. The third-order valence-electron chi connectivity index (χ3n) is 9.83. The van der Waals surface area contributed by atoms with Crippen LogP contribution in [0.4, 0.5) is 0 Å². The van der Waals surface area contributed by atoms with Crippen LogP contribution < -0.4 is 25.4 Å². The highest BCUT2D eigenvalue weighted by Gasteiger charge is 2.23. The molecule has 2 fully saturated rings. The molecule has 2 saturated heterocycles. The van der Waals surface area contributed by atoms with Crippen molar-refractivity contribution in [2.45, 2.75) is 64.2 Å². The number of hydrogen-bond acceptors (Lipinski definition) is 10. The van der Waals surface area contributed by atoms with Crippen molar-refractivity contribution in [1.82, 2.24) is 40.8 Å². The number of nitrogens with zero attached hydrogens (tertiary/aromatic N) is 5. The maximum Gasteiger partial charge on any atom is 0.237 e. The number of hydrogen-bond donors (Lipinski definition) is 3. The number of rotatable bonds is 14. The topological polar surface area (TPSA) is 109 Å². The lowest BCUT2D eigenvalue weighted by Gasteiger charge is -2.22. The van der Waals surface area contributed by atoms with Gasteiger partial charge in [-0.2, -0.15) is 0 Å². The van der Waals surface area contributed by atoms with Crippen molar-refractivity contribution in [3.8, 4) is 45.4 Å². The molecule has 0 radical (unpaired) electrons. The molecule has 2 aliphatic rings. The second-order valence-electron chi connectivity index (χ2n) is 13.0. The second kappa shape index (κ2) is 16.0. The van der Waals surface area contributed by atoms with Gasteiger partial charge in [-0.15, -0.1) is 0 Å². The molecule has 3 N–H and O–H groups in total. The fourth-order valence-corrected chi connectivity index (χ4v) is 7.16. The Bertz CT molecular complexity index is 1860. The molecule has 2 aromatic carbocycles. The Labute approximate surface area is 300 Å². The smallest absolute Gasteiger partial charge is 0.237 e. The largest absolute Gasteiger partial charge is 0.480 e. The van der Waals surface area contributed by atoms with Gasteiger partial charge in [0.05, 0.1) is 43.0 Å². The average molecular weight is 695 g/mol. The molecule has 6 rings (SSSR count). The van der Waals surface area contributed by atoms with E-state index in [-0.39, 0.29) is 0 Å². The highest BCUT2D eigenvalue weighted by atomic mass is 35.5. The molecule has 2 aromatic heterocycles. The minimum atomic E-state index is 0.376. The van der Waals surface area contributed by atoms with Crippen LogP contribution in [0, 0.1) is 6.92 Å². The Balaban J connectivity index is 1.17. The molecule has 0 unspecified atom stereocenters. The van der Waals surface area contributed by atoms with Gasteiger partial charge in [0, 0.05) is 66.9 Å². The van der Waals surface area contributed by atoms with Gasteiger partial charge < -0.3 is 30.3 Å². The number of ether oxygens (including phenoxy) is 2. The van der Waals surface area contributed by atoms with Crippen LogP contribution in [0.3, 0.4) is 0 Å². The van der Waals surface area contributed by atoms with Gasteiger partial charge >= 0.3 is 0 Å². The predicted octanol–water partition coefficient (Wildman–Crippen LogP) is 6.69. The monoisotopic (exact) mass is 694 g/mol. The third kappa shape index (κ3) is 7.78. The zero-order valence-corrected chi connectivity index (χ0v) is 30.2. The highest BCUT2D eigenvalue weighted by molar-refractivity contribution is 6.36. The molecule has 11 heteroatoms. The molecule has 0 bridgehead atoms. The molecular formula is C39H47ClN8O2. The minimum absolute atomic E-state index is 0.376. The third-order valence-corrected chi connectivity index (χ3v) is 10.2. The van der Waals surface area contributed by atoms with Crippen molar-refractivity contribution in [3.05, 3.63) is 95.3 Å². The first-order valence-electron chi connectivity index (χ1n) is 17.2. The summed E-state index contributed by atoms with van der Waals surface area (Å²) in [7, 11) is 5.38.